The highest BCUT2D eigenvalue weighted by Gasteiger charge is 2.24. The Kier molecular flexibility index (Phi) is 7.50. The zero-order chi connectivity index (χ0) is 20.5. The van der Waals surface area contributed by atoms with Gasteiger partial charge in [0.2, 0.25) is 0 Å². The Morgan fingerprint density at radius 2 is 1.75 bits per heavy atom. The van der Waals surface area contributed by atoms with E-state index in [0.29, 0.717) is 17.9 Å². The second kappa shape index (κ2) is 10.1. The van der Waals surface area contributed by atoms with Gasteiger partial charge in [-0.15, -0.1) is 0 Å². The van der Waals surface area contributed by atoms with Crippen LogP contribution in [0.5, 0.6) is 5.75 Å². The third-order valence-electron chi connectivity index (χ3n) is 3.92. The van der Waals surface area contributed by atoms with Crippen LogP contribution in [-0.4, -0.2) is 30.0 Å². The molecule has 0 heterocycles. The number of hydrogen-bond donors (Lipinski definition) is 1. The molecule has 0 saturated heterocycles. The summed E-state index contributed by atoms with van der Waals surface area (Å²) in [5, 5.41) is 13.9. The van der Waals surface area contributed by atoms with E-state index >= 15 is 0 Å². The number of amides is 1. The number of nitro benzene ring substituents is 1. The average molecular weight is 386 g/mol. The van der Waals surface area contributed by atoms with Crippen molar-refractivity contribution in [1.82, 2.24) is 5.32 Å². The zero-order valence-corrected chi connectivity index (χ0v) is 15.7. The molecule has 8 nitrogen and oxygen atoms in total. The molecule has 148 valence electrons. The van der Waals surface area contributed by atoms with Gasteiger partial charge in [0.1, 0.15) is 11.3 Å². The molecular formula is C20H22N2O6. The summed E-state index contributed by atoms with van der Waals surface area (Å²) >= 11 is 0. The molecule has 0 spiro atoms. The number of nitro groups is 1. The van der Waals surface area contributed by atoms with Crippen molar-refractivity contribution >= 4 is 17.6 Å². The molecule has 0 aliphatic carbocycles. The van der Waals surface area contributed by atoms with E-state index in [9.17, 15) is 19.7 Å². The van der Waals surface area contributed by atoms with Gasteiger partial charge in [0, 0.05) is 6.07 Å². The van der Waals surface area contributed by atoms with Crippen LogP contribution >= 0.6 is 0 Å². The normalized spacial score (nSPS) is 11.4. The second-order valence-electron chi connectivity index (χ2n) is 5.81. The van der Waals surface area contributed by atoms with Gasteiger partial charge in [-0.1, -0.05) is 24.3 Å². The fourth-order valence-corrected chi connectivity index (χ4v) is 2.66. The summed E-state index contributed by atoms with van der Waals surface area (Å²) in [5.41, 5.74) is 0.275. The summed E-state index contributed by atoms with van der Waals surface area (Å²) in [5.74, 6) is -0.467. The first-order valence-corrected chi connectivity index (χ1v) is 8.88. The number of nitrogens with one attached hydrogen (secondary N) is 1. The van der Waals surface area contributed by atoms with Crippen molar-refractivity contribution in [2.75, 3.05) is 13.2 Å². The number of para-hydroxylation sites is 1. The van der Waals surface area contributed by atoms with E-state index in [0.717, 1.165) is 0 Å². The minimum absolute atomic E-state index is 0.0766. The maximum Gasteiger partial charge on any atom is 0.308 e. The Morgan fingerprint density at radius 3 is 2.36 bits per heavy atom. The molecule has 28 heavy (non-hydrogen) atoms. The molecule has 0 aromatic heterocycles. The second-order valence-corrected chi connectivity index (χ2v) is 5.81. The smallest absolute Gasteiger partial charge is 0.308 e. The van der Waals surface area contributed by atoms with Crippen LogP contribution in [0.25, 0.3) is 0 Å². The molecule has 0 aliphatic heterocycles. The number of nitrogens with zero attached hydrogens (tertiary/aromatic N) is 1. The number of esters is 1. The van der Waals surface area contributed by atoms with E-state index in [1.54, 1.807) is 37.3 Å². The van der Waals surface area contributed by atoms with Gasteiger partial charge in [-0.05, 0) is 37.6 Å². The number of benzene rings is 2. The number of ether oxygens (including phenoxy) is 2. The molecule has 0 radical (unpaired) electrons. The summed E-state index contributed by atoms with van der Waals surface area (Å²) in [4.78, 5) is 35.2. The van der Waals surface area contributed by atoms with Crippen molar-refractivity contribution in [3.05, 3.63) is 69.8 Å². The van der Waals surface area contributed by atoms with E-state index in [1.807, 2.05) is 6.92 Å². The van der Waals surface area contributed by atoms with Crippen molar-refractivity contribution in [2.45, 2.75) is 26.3 Å². The predicted octanol–water partition coefficient (Wildman–Crippen LogP) is 3.42. The minimum atomic E-state index is -0.706. The molecule has 1 N–H and O–H groups in total. The summed E-state index contributed by atoms with van der Waals surface area (Å²) in [6.07, 6.45) is -0.103. The molecule has 0 unspecified atom stereocenters. The molecule has 0 aliphatic rings. The lowest BCUT2D eigenvalue weighted by molar-refractivity contribution is -0.385. The maximum absolute atomic E-state index is 12.7. The van der Waals surface area contributed by atoms with E-state index < -0.39 is 22.8 Å². The number of hydrogen-bond acceptors (Lipinski definition) is 6. The van der Waals surface area contributed by atoms with Crippen LogP contribution < -0.4 is 10.1 Å². The number of carbonyl (C=O) groups is 2. The van der Waals surface area contributed by atoms with Crippen molar-refractivity contribution in [3.8, 4) is 5.75 Å². The van der Waals surface area contributed by atoms with Crippen LogP contribution in [0.3, 0.4) is 0 Å². The highest BCUT2D eigenvalue weighted by Crippen LogP contribution is 2.23. The van der Waals surface area contributed by atoms with Crippen LogP contribution in [0, 0.1) is 10.1 Å². The fourth-order valence-electron chi connectivity index (χ4n) is 2.66. The average Bonchev–Trinajstić information content (AvgIpc) is 2.68. The van der Waals surface area contributed by atoms with Crippen molar-refractivity contribution in [2.24, 2.45) is 0 Å². The summed E-state index contributed by atoms with van der Waals surface area (Å²) in [6.45, 7) is 4.28. The van der Waals surface area contributed by atoms with Crippen molar-refractivity contribution in [1.29, 1.82) is 0 Å². The summed E-state index contributed by atoms with van der Waals surface area (Å²) in [7, 11) is 0. The van der Waals surface area contributed by atoms with E-state index in [2.05, 4.69) is 5.32 Å². The Balaban J connectivity index is 2.27. The highest BCUT2D eigenvalue weighted by atomic mass is 16.6. The lowest BCUT2D eigenvalue weighted by atomic mass is 10.0. The van der Waals surface area contributed by atoms with Gasteiger partial charge in [0.15, 0.2) is 0 Å². The van der Waals surface area contributed by atoms with E-state index in [4.69, 9.17) is 9.47 Å². The van der Waals surface area contributed by atoms with Crippen molar-refractivity contribution < 1.29 is 24.0 Å². The Hall–Kier alpha value is -3.42. The van der Waals surface area contributed by atoms with Crippen molar-refractivity contribution in [3.63, 3.8) is 0 Å². The molecule has 1 atom stereocenters. The van der Waals surface area contributed by atoms with Gasteiger partial charge in [-0.2, -0.15) is 0 Å². The zero-order valence-electron chi connectivity index (χ0n) is 15.7. The topological polar surface area (TPSA) is 108 Å². The monoisotopic (exact) mass is 386 g/mol. The van der Waals surface area contributed by atoms with Gasteiger partial charge in [0.05, 0.1) is 30.6 Å². The largest absolute Gasteiger partial charge is 0.494 e. The lowest BCUT2D eigenvalue weighted by Gasteiger charge is -2.19. The van der Waals surface area contributed by atoms with Gasteiger partial charge in [-0.3, -0.25) is 19.7 Å². The molecule has 2 aromatic carbocycles. The van der Waals surface area contributed by atoms with Crippen LogP contribution in [0.1, 0.15) is 42.2 Å². The fraction of sp³-hybridized carbons (Fsp3) is 0.300. The highest BCUT2D eigenvalue weighted by molar-refractivity contribution is 5.98. The number of carbonyl (C=O) groups excluding carboxylic acids is 2. The third kappa shape index (κ3) is 5.54. The van der Waals surface area contributed by atoms with E-state index in [1.165, 1.54) is 18.2 Å². The van der Waals surface area contributed by atoms with Crippen LogP contribution in [0.4, 0.5) is 5.69 Å². The molecule has 1 amide bonds. The van der Waals surface area contributed by atoms with Crippen LogP contribution in [0.15, 0.2) is 48.5 Å². The maximum atomic E-state index is 12.7. The molecule has 2 rings (SSSR count). The molecule has 0 fully saturated rings. The number of rotatable bonds is 9. The molecule has 2 aromatic rings. The lowest BCUT2D eigenvalue weighted by Crippen LogP contribution is -2.31. The Labute approximate surface area is 162 Å². The van der Waals surface area contributed by atoms with Gasteiger partial charge in [-0.25, -0.2) is 0 Å². The Morgan fingerprint density at radius 1 is 1.07 bits per heavy atom. The molecule has 0 bridgehead atoms. The van der Waals surface area contributed by atoms with Gasteiger partial charge < -0.3 is 14.8 Å². The molecule has 8 heteroatoms. The first-order chi connectivity index (χ1) is 13.5. The quantitative estimate of drug-likeness (QED) is 0.402. The molecular weight excluding hydrogens is 364 g/mol. The van der Waals surface area contributed by atoms with Gasteiger partial charge >= 0.3 is 5.97 Å². The minimum Gasteiger partial charge on any atom is -0.494 e. The standard InChI is InChI=1S/C20H22N2O6/c1-3-27-15-11-9-14(10-12-15)17(13-19(23)28-4-2)21-20(24)16-7-5-6-8-18(16)22(25)26/h5-12,17H,3-4,13H2,1-2H3,(H,21,24)/t17-/m0/s1. The summed E-state index contributed by atoms with van der Waals surface area (Å²) < 4.78 is 10.4. The van der Waals surface area contributed by atoms with Crippen LogP contribution in [0.2, 0.25) is 0 Å². The SMILES string of the molecule is CCOC(=O)C[C@H](NC(=O)c1ccccc1[N+](=O)[O-])c1ccc(OCC)cc1. The van der Waals surface area contributed by atoms with Crippen LogP contribution in [-0.2, 0) is 9.53 Å². The predicted molar refractivity (Wildman–Crippen MR) is 102 cm³/mol. The Bertz CT molecular complexity index is 835. The summed E-state index contributed by atoms with van der Waals surface area (Å²) in [6, 6.07) is 11.9. The first kappa shape index (κ1) is 20.9. The van der Waals surface area contributed by atoms with Gasteiger partial charge in [0.25, 0.3) is 11.6 Å². The first-order valence-electron chi connectivity index (χ1n) is 8.88. The molecule has 0 saturated carbocycles. The van der Waals surface area contributed by atoms with E-state index in [-0.39, 0.29) is 24.3 Å². The third-order valence-corrected chi connectivity index (χ3v) is 3.92.